The highest BCUT2D eigenvalue weighted by Gasteiger charge is 2.28. The molecule has 118 valence electrons. The fourth-order valence-electron chi connectivity index (χ4n) is 3.62. The Morgan fingerprint density at radius 2 is 1.96 bits per heavy atom. The zero-order chi connectivity index (χ0) is 16.2. The van der Waals surface area contributed by atoms with E-state index in [0.29, 0.717) is 0 Å². The van der Waals surface area contributed by atoms with Crippen LogP contribution in [0.15, 0.2) is 42.0 Å². The molecular formula is C19H22N4. The maximum atomic E-state index is 4.23. The summed E-state index contributed by atoms with van der Waals surface area (Å²) in [5.74, 6) is 0.936. The maximum Gasteiger partial charge on any atom is 0.161 e. The van der Waals surface area contributed by atoms with E-state index in [1.54, 1.807) is 0 Å². The number of nitrogens with zero attached hydrogens (tertiary/aromatic N) is 4. The normalized spacial score (nSPS) is 21.3. The lowest BCUT2D eigenvalue weighted by atomic mass is 9.77. The van der Waals surface area contributed by atoms with Crippen molar-refractivity contribution in [3.63, 3.8) is 0 Å². The van der Waals surface area contributed by atoms with Gasteiger partial charge in [0, 0.05) is 17.7 Å². The van der Waals surface area contributed by atoms with Crippen LogP contribution in [0.4, 0.5) is 0 Å². The van der Waals surface area contributed by atoms with Crippen LogP contribution < -0.4 is 0 Å². The first-order valence-electron chi connectivity index (χ1n) is 8.14. The number of aryl methyl sites for hydroxylation is 2. The number of rotatable bonds is 2. The van der Waals surface area contributed by atoms with Crippen molar-refractivity contribution < 1.29 is 0 Å². The number of pyridine rings is 1. The topological polar surface area (TPSA) is 35.1 Å². The Hall–Kier alpha value is -2.36. The van der Waals surface area contributed by atoms with E-state index in [1.807, 2.05) is 6.92 Å². The summed E-state index contributed by atoms with van der Waals surface area (Å²) in [5, 5.41) is 8.45. The number of fused-ring (bicyclic) bond motifs is 3. The second kappa shape index (κ2) is 4.82. The van der Waals surface area contributed by atoms with Crippen molar-refractivity contribution >= 4 is 16.7 Å². The largest absolute Gasteiger partial charge is 0.343 e. The molecule has 1 aliphatic carbocycles. The molecule has 1 unspecified atom stereocenters. The molecule has 0 N–H and O–H groups in total. The standard InChI is InChI=1S/C19H22N4/c1-13-7-5-6-10-19(13,4)12-22-14(2)11-17-16(22)8-9-18-21-20-15(3)23(17)18/h5-9,11H,10,12H2,1-4H3. The zero-order valence-corrected chi connectivity index (χ0v) is 14.2. The molecule has 0 bridgehead atoms. The molecule has 3 heterocycles. The van der Waals surface area contributed by atoms with Crippen molar-refractivity contribution in [2.75, 3.05) is 0 Å². The third kappa shape index (κ3) is 2.05. The van der Waals surface area contributed by atoms with Crippen LogP contribution in [-0.4, -0.2) is 19.2 Å². The second-order valence-electron chi connectivity index (χ2n) is 6.96. The van der Waals surface area contributed by atoms with E-state index >= 15 is 0 Å². The molecule has 23 heavy (non-hydrogen) atoms. The van der Waals surface area contributed by atoms with E-state index in [0.717, 1.165) is 24.4 Å². The SMILES string of the molecule is CC1=CC=CCC1(C)Cn1c(C)cc2c1ccc1nnc(C)n12. The quantitative estimate of drug-likeness (QED) is 0.711. The van der Waals surface area contributed by atoms with E-state index in [-0.39, 0.29) is 5.41 Å². The predicted molar refractivity (Wildman–Crippen MR) is 93.6 cm³/mol. The monoisotopic (exact) mass is 306 g/mol. The Balaban J connectivity index is 1.89. The van der Waals surface area contributed by atoms with Gasteiger partial charge in [0.15, 0.2) is 5.65 Å². The van der Waals surface area contributed by atoms with Gasteiger partial charge in [-0.2, -0.15) is 0 Å². The number of hydrogen-bond donors (Lipinski definition) is 0. The molecule has 1 aliphatic rings. The highest BCUT2D eigenvalue weighted by Crippen LogP contribution is 2.37. The summed E-state index contributed by atoms with van der Waals surface area (Å²) in [6.07, 6.45) is 7.77. The minimum absolute atomic E-state index is 0.169. The van der Waals surface area contributed by atoms with Gasteiger partial charge < -0.3 is 4.57 Å². The van der Waals surface area contributed by atoms with Crippen LogP contribution in [0.2, 0.25) is 0 Å². The van der Waals surface area contributed by atoms with Crippen LogP contribution in [0.25, 0.3) is 16.7 Å². The molecular weight excluding hydrogens is 284 g/mol. The Kier molecular flexibility index (Phi) is 2.98. The van der Waals surface area contributed by atoms with Crippen molar-refractivity contribution in [1.82, 2.24) is 19.2 Å². The predicted octanol–water partition coefficient (Wildman–Crippen LogP) is 4.21. The molecule has 1 atom stereocenters. The van der Waals surface area contributed by atoms with Crippen molar-refractivity contribution in [3.8, 4) is 0 Å². The fraction of sp³-hybridized carbons (Fsp3) is 0.368. The summed E-state index contributed by atoms with van der Waals surface area (Å²) in [6, 6.07) is 6.48. The van der Waals surface area contributed by atoms with Crippen molar-refractivity contribution in [2.24, 2.45) is 5.41 Å². The van der Waals surface area contributed by atoms with Gasteiger partial charge in [-0.3, -0.25) is 4.40 Å². The van der Waals surface area contributed by atoms with Crippen LogP contribution in [0.5, 0.6) is 0 Å². The number of allylic oxidation sites excluding steroid dienone is 4. The van der Waals surface area contributed by atoms with Gasteiger partial charge in [-0.1, -0.05) is 30.7 Å². The first-order chi connectivity index (χ1) is 11.0. The van der Waals surface area contributed by atoms with Crippen LogP contribution in [0.3, 0.4) is 0 Å². The highest BCUT2D eigenvalue weighted by atomic mass is 15.2. The molecule has 4 rings (SSSR count). The third-order valence-corrected chi connectivity index (χ3v) is 5.32. The Morgan fingerprint density at radius 3 is 2.74 bits per heavy atom. The Morgan fingerprint density at radius 1 is 1.13 bits per heavy atom. The van der Waals surface area contributed by atoms with Gasteiger partial charge >= 0.3 is 0 Å². The Bertz CT molecular complexity index is 970. The first kappa shape index (κ1) is 14.2. The molecule has 0 fully saturated rings. The summed E-state index contributed by atoms with van der Waals surface area (Å²) in [6.45, 7) is 9.78. The second-order valence-corrected chi connectivity index (χ2v) is 6.96. The van der Waals surface area contributed by atoms with Crippen molar-refractivity contribution in [2.45, 2.75) is 40.7 Å². The summed E-state index contributed by atoms with van der Waals surface area (Å²) >= 11 is 0. The molecule has 0 radical (unpaired) electrons. The van der Waals surface area contributed by atoms with E-state index < -0.39 is 0 Å². The zero-order valence-electron chi connectivity index (χ0n) is 14.2. The molecule has 3 aromatic rings. The lowest BCUT2D eigenvalue weighted by molar-refractivity contribution is 0.336. The van der Waals surface area contributed by atoms with Gasteiger partial charge in [0.25, 0.3) is 0 Å². The van der Waals surface area contributed by atoms with Gasteiger partial charge in [-0.05, 0) is 45.4 Å². The summed E-state index contributed by atoms with van der Waals surface area (Å²) < 4.78 is 4.58. The number of hydrogen-bond acceptors (Lipinski definition) is 2. The van der Waals surface area contributed by atoms with Gasteiger partial charge in [0.1, 0.15) is 5.82 Å². The average Bonchev–Trinajstić information content (AvgIpc) is 3.04. The van der Waals surface area contributed by atoms with E-state index in [4.69, 9.17) is 0 Å². The molecule has 0 saturated carbocycles. The van der Waals surface area contributed by atoms with E-state index in [1.165, 1.54) is 22.3 Å². The fourth-order valence-corrected chi connectivity index (χ4v) is 3.62. The lowest BCUT2D eigenvalue weighted by Gasteiger charge is -2.33. The van der Waals surface area contributed by atoms with E-state index in [9.17, 15) is 0 Å². The summed E-state index contributed by atoms with van der Waals surface area (Å²) in [7, 11) is 0. The Labute approximate surface area is 136 Å². The highest BCUT2D eigenvalue weighted by molar-refractivity contribution is 5.81. The lowest BCUT2D eigenvalue weighted by Crippen LogP contribution is -2.26. The molecule has 0 aliphatic heterocycles. The van der Waals surface area contributed by atoms with Crippen molar-refractivity contribution in [3.05, 3.63) is 53.5 Å². The number of aromatic nitrogens is 4. The average molecular weight is 306 g/mol. The molecule has 4 nitrogen and oxygen atoms in total. The van der Waals surface area contributed by atoms with Crippen molar-refractivity contribution in [1.29, 1.82) is 0 Å². The first-order valence-corrected chi connectivity index (χ1v) is 8.14. The minimum Gasteiger partial charge on any atom is -0.343 e. The van der Waals surface area contributed by atoms with Crippen LogP contribution >= 0.6 is 0 Å². The smallest absolute Gasteiger partial charge is 0.161 e. The summed E-state index contributed by atoms with van der Waals surface area (Å²) in [4.78, 5) is 0. The van der Waals surface area contributed by atoms with Gasteiger partial charge in [-0.15, -0.1) is 10.2 Å². The molecule has 0 spiro atoms. The molecule has 4 heteroatoms. The molecule has 3 aromatic heterocycles. The molecule has 0 amide bonds. The minimum atomic E-state index is 0.169. The molecule has 0 aromatic carbocycles. The van der Waals surface area contributed by atoms with Crippen LogP contribution in [0.1, 0.15) is 31.8 Å². The summed E-state index contributed by atoms with van der Waals surface area (Å²) in [5.41, 5.74) is 6.26. The third-order valence-electron chi connectivity index (χ3n) is 5.32. The van der Waals surface area contributed by atoms with Gasteiger partial charge in [-0.25, -0.2) is 0 Å². The van der Waals surface area contributed by atoms with Gasteiger partial charge in [0.2, 0.25) is 0 Å². The van der Waals surface area contributed by atoms with Crippen LogP contribution in [-0.2, 0) is 6.54 Å². The van der Waals surface area contributed by atoms with Crippen LogP contribution in [0, 0.1) is 19.3 Å². The maximum absolute atomic E-state index is 4.23. The van der Waals surface area contributed by atoms with E-state index in [2.05, 4.69) is 76.4 Å². The van der Waals surface area contributed by atoms with Gasteiger partial charge in [0.05, 0.1) is 11.0 Å². The molecule has 0 saturated heterocycles.